The molecule has 0 aromatic heterocycles. The Hall–Kier alpha value is -0.610. The molecule has 4 nitrogen and oxygen atoms in total. The van der Waals surface area contributed by atoms with E-state index in [0.29, 0.717) is 24.5 Å². The fourth-order valence-electron chi connectivity index (χ4n) is 3.44. The lowest BCUT2D eigenvalue weighted by Crippen LogP contribution is -2.51. The van der Waals surface area contributed by atoms with Crippen molar-refractivity contribution in [3.63, 3.8) is 0 Å². The van der Waals surface area contributed by atoms with E-state index in [1.165, 1.54) is 32.1 Å². The summed E-state index contributed by atoms with van der Waals surface area (Å²) in [5, 5.41) is 12.5. The van der Waals surface area contributed by atoms with Crippen LogP contribution in [0.2, 0.25) is 0 Å². The number of hydrogen-bond acceptors (Lipinski definition) is 3. The fourth-order valence-corrected chi connectivity index (χ4v) is 3.44. The third-order valence-corrected chi connectivity index (χ3v) is 4.20. The van der Waals surface area contributed by atoms with Crippen LogP contribution in [0, 0.1) is 5.92 Å². The van der Waals surface area contributed by atoms with E-state index in [4.69, 9.17) is 5.11 Å². The second-order valence-electron chi connectivity index (χ2n) is 6.09. The Labute approximate surface area is 110 Å². The van der Waals surface area contributed by atoms with Crippen LogP contribution in [0.4, 0.5) is 0 Å². The number of carbonyl (C=O) groups is 1. The highest BCUT2D eigenvalue weighted by Crippen LogP contribution is 2.22. The Morgan fingerprint density at radius 1 is 1.28 bits per heavy atom. The number of nitrogens with one attached hydrogen (secondary N) is 1. The van der Waals surface area contributed by atoms with Gasteiger partial charge in [0.25, 0.3) is 0 Å². The minimum absolute atomic E-state index is 0.267. The number of hydrogen-bond donors (Lipinski definition) is 2. The molecule has 0 aromatic carbocycles. The highest BCUT2D eigenvalue weighted by Gasteiger charge is 2.27. The van der Waals surface area contributed by atoms with Gasteiger partial charge in [-0.1, -0.05) is 19.8 Å². The molecule has 0 radical (unpaired) electrons. The molecule has 0 aromatic rings. The van der Waals surface area contributed by atoms with Crippen molar-refractivity contribution >= 4 is 5.97 Å². The van der Waals surface area contributed by atoms with Crippen molar-refractivity contribution in [3.8, 4) is 0 Å². The normalized spacial score (nSPS) is 30.7. The van der Waals surface area contributed by atoms with Gasteiger partial charge in [0.15, 0.2) is 0 Å². The van der Waals surface area contributed by atoms with Crippen LogP contribution in [0.25, 0.3) is 0 Å². The number of aliphatic carboxylic acids is 1. The molecule has 2 unspecified atom stereocenters. The maximum absolute atomic E-state index is 10.6. The van der Waals surface area contributed by atoms with Crippen molar-refractivity contribution in [2.45, 2.75) is 57.5 Å². The zero-order chi connectivity index (χ0) is 13.0. The SMILES string of the molecule is CC1CC(NC2CCCC2)CN(CCC(=O)O)C1. The molecule has 0 amide bonds. The Bertz CT molecular complexity index is 277. The molecule has 104 valence electrons. The summed E-state index contributed by atoms with van der Waals surface area (Å²) >= 11 is 0. The van der Waals surface area contributed by atoms with Crippen LogP contribution < -0.4 is 5.32 Å². The minimum Gasteiger partial charge on any atom is -0.481 e. The van der Waals surface area contributed by atoms with E-state index in [0.717, 1.165) is 13.1 Å². The second-order valence-corrected chi connectivity index (χ2v) is 6.09. The van der Waals surface area contributed by atoms with E-state index >= 15 is 0 Å². The van der Waals surface area contributed by atoms with Crippen molar-refractivity contribution in [3.05, 3.63) is 0 Å². The zero-order valence-electron chi connectivity index (χ0n) is 11.4. The molecule has 1 aliphatic heterocycles. The Morgan fingerprint density at radius 3 is 2.67 bits per heavy atom. The van der Waals surface area contributed by atoms with Gasteiger partial charge in [-0.15, -0.1) is 0 Å². The van der Waals surface area contributed by atoms with Crippen molar-refractivity contribution in [2.75, 3.05) is 19.6 Å². The molecule has 1 aliphatic carbocycles. The van der Waals surface area contributed by atoms with Gasteiger partial charge in [-0.05, 0) is 25.2 Å². The Morgan fingerprint density at radius 2 is 2.00 bits per heavy atom. The first-order valence-electron chi connectivity index (χ1n) is 7.33. The number of piperidine rings is 1. The molecule has 2 aliphatic rings. The van der Waals surface area contributed by atoms with Gasteiger partial charge in [0, 0.05) is 31.7 Å². The lowest BCUT2D eigenvalue weighted by molar-refractivity contribution is -0.137. The zero-order valence-corrected chi connectivity index (χ0v) is 11.4. The van der Waals surface area contributed by atoms with Crippen LogP contribution in [0.5, 0.6) is 0 Å². The van der Waals surface area contributed by atoms with Gasteiger partial charge in [-0.2, -0.15) is 0 Å². The molecule has 18 heavy (non-hydrogen) atoms. The fraction of sp³-hybridized carbons (Fsp3) is 0.929. The third kappa shape index (κ3) is 4.25. The molecule has 1 saturated carbocycles. The molecule has 0 spiro atoms. The van der Waals surface area contributed by atoms with Crippen molar-refractivity contribution in [1.82, 2.24) is 10.2 Å². The van der Waals surface area contributed by atoms with Crippen LogP contribution in [-0.4, -0.2) is 47.7 Å². The van der Waals surface area contributed by atoms with Crippen LogP contribution in [0.3, 0.4) is 0 Å². The molecule has 2 fully saturated rings. The van der Waals surface area contributed by atoms with E-state index in [9.17, 15) is 4.79 Å². The monoisotopic (exact) mass is 254 g/mol. The van der Waals surface area contributed by atoms with Gasteiger partial charge < -0.3 is 15.3 Å². The summed E-state index contributed by atoms with van der Waals surface area (Å²) in [7, 11) is 0. The number of carboxylic acid groups (broad SMARTS) is 1. The maximum Gasteiger partial charge on any atom is 0.304 e. The largest absolute Gasteiger partial charge is 0.481 e. The van der Waals surface area contributed by atoms with E-state index in [1.807, 2.05) is 0 Å². The highest BCUT2D eigenvalue weighted by molar-refractivity contribution is 5.66. The minimum atomic E-state index is -0.687. The van der Waals surface area contributed by atoms with E-state index in [2.05, 4.69) is 17.1 Å². The van der Waals surface area contributed by atoms with Crippen molar-refractivity contribution in [2.24, 2.45) is 5.92 Å². The van der Waals surface area contributed by atoms with Crippen LogP contribution in [0.15, 0.2) is 0 Å². The molecule has 0 bridgehead atoms. The van der Waals surface area contributed by atoms with Crippen LogP contribution in [-0.2, 0) is 4.79 Å². The van der Waals surface area contributed by atoms with Crippen LogP contribution in [0.1, 0.15) is 45.4 Å². The number of rotatable bonds is 5. The molecular weight excluding hydrogens is 228 g/mol. The molecule has 2 atom stereocenters. The summed E-state index contributed by atoms with van der Waals surface area (Å²) < 4.78 is 0. The molecule has 1 saturated heterocycles. The Balaban J connectivity index is 1.77. The average Bonchev–Trinajstić information content (AvgIpc) is 2.78. The summed E-state index contributed by atoms with van der Waals surface area (Å²) in [5.74, 6) is -0.0139. The predicted molar refractivity (Wildman–Crippen MR) is 71.7 cm³/mol. The van der Waals surface area contributed by atoms with E-state index in [-0.39, 0.29) is 6.42 Å². The lowest BCUT2D eigenvalue weighted by atomic mass is 9.95. The van der Waals surface area contributed by atoms with E-state index < -0.39 is 5.97 Å². The first-order valence-corrected chi connectivity index (χ1v) is 7.33. The number of carboxylic acids is 1. The predicted octanol–water partition coefficient (Wildman–Crippen LogP) is 1.70. The van der Waals surface area contributed by atoms with Gasteiger partial charge in [0.2, 0.25) is 0 Å². The highest BCUT2D eigenvalue weighted by atomic mass is 16.4. The quantitative estimate of drug-likeness (QED) is 0.784. The third-order valence-electron chi connectivity index (χ3n) is 4.20. The van der Waals surface area contributed by atoms with Crippen molar-refractivity contribution in [1.29, 1.82) is 0 Å². The molecule has 2 rings (SSSR count). The number of likely N-dealkylation sites (tertiary alicyclic amines) is 1. The number of nitrogens with zero attached hydrogens (tertiary/aromatic N) is 1. The molecule has 2 N–H and O–H groups in total. The summed E-state index contributed by atoms with van der Waals surface area (Å²) in [6, 6.07) is 1.27. The summed E-state index contributed by atoms with van der Waals surface area (Å²) in [6.07, 6.45) is 6.87. The van der Waals surface area contributed by atoms with Crippen molar-refractivity contribution < 1.29 is 9.90 Å². The molecule has 1 heterocycles. The summed E-state index contributed by atoms with van der Waals surface area (Å²) in [6.45, 7) is 5.04. The topological polar surface area (TPSA) is 52.6 Å². The van der Waals surface area contributed by atoms with Crippen LogP contribution >= 0.6 is 0 Å². The summed E-state index contributed by atoms with van der Waals surface area (Å²) in [5.41, 5.74) is 0. The second kappa shape index (κ2) is 6.53. The van der Waals surface area contributed by atoms with Gasteiger partial charge in [-0.3, -0.25) is 4.79 Å². The first kappa shape index (κ1) is 13.8. The standard InChI is InChI=1S/C14H26N2O2/c1-11-8-13(15-12-4-2-3-5-12)10-16(9-11)7-6-14(17)18/h11-13,15H,2-10H2,1H3,(H,17,18). The smallest absolute Gasteiger partial charge is 0.304 e. The van der Waals surface area contributed by atoms with Gasteiger partial charge in [0.1, 0.15) is 0 Å². The van der Waals surface area contributed by atoms with Gasteiger partial charge >= 0.3 is 5.97 Å². The van der Waals surface area contributed by atoms with E-state index in [1.54, 1.807) is 0 Å². The maximum atomic E-state index is 10.6. The first-order chi connectivity index (χ1) is 8.63. The lowest BCUT2D eigenvalue weighted by Gasteiger charge is -2.38. The Kier molecular flexibility index (Phi) is 5.01. The molecular formula is C14H26N2O2. The van der Waals surface area contributed by atoms with Gasteiger partial charge in [-0.25, -0.2) is 0 Å². The van der Waals surface area contributed by atoms with Gasteiger partial charge in [0.05, 0.1) is 6.42 Å². The average molecular weight is 254 g/mol. The summed E-state index contributed by atoms with van der Waals surface area (Å²) in [4.78, 5) is 13.0. The molecule has 4 heteroatoms.